The molecular weight excluding hydrogens is 404 g/mol. The van der Waals surface area contributed by atoms with E-state index in [4.69, 9.17) is 11.6 Å². The maximum atomic E-state index is 12.6. The van der Waals surface area contributed by atoms with E-state index in [1.54, 1.807) is 36.0 Å². The summed E-state index contributed by atoms with van der Waals surface area (Å²) in [4.78, 5) is 26.9. The van der Waals surface area contributed by atoms with Gasteiger partial charge in [0, 0.05) is 22.0 Å². The van der Waals surface area contributed by atoms with Gasteiger partial charge in [0.1, 0.15) is 5.37 Å². The summed E-state index contributed by atoms with van der Waals surface area (Å²) >= 11 is 7.57. The molecule has 1 aliphatic heterocycles. The summed E-state index contributed by atoms with van der Waals surface area (Å²) in [6, 6.07) is 22.4. The van der Waals surface area contributed by atoms with Gasteiger partial charge in [-0.15, -0.1) is 11.8 Å². The third kappa shape index (κ3) is 4.31. The highest BCUT2D eigenvalue weighted by Crippen LogP contribution is 2.42. The third-order valence-corrected chi connectivity index (χ3v) is 6.11. The molecule has 0 saturated carbocycles. The van der Waals surface area contributed by atoms with Crippen molar-refractivity contribution in [1.29, 1.82) is 0 Å². The number of nitrogens with zero attached hydrogens (tertiary/aromatic N) is 1. The zero-order valence-corrected chi connectivity index (χ0v) is 17.3. The molecule has 2 amide bonds. The first-order valence-corrected chi connectivity index (χ1v) is 10.6. The first-order valence-electron chi connectivity index (χ1n) is 9.18. The zero-order valence-electron chi connectivity index (χ0n) is 15.8. The van der Waals surface area contributed by atoms with E-state index in [1.807, 2.05) is 60.4 Å². The normalized spacial score (nSPS) is 16.1. The van der Waals surface area contributed by atoms with E-state index in [9.17, 15) is 9.59 Å². The Morgan fingerprint density at radius 1 is 1.07 bits per heavy atom. The van der Waals surface area contributed by atoms with Crippen molar-refractivity contribution >= 4 is 46.6 Å². The molecule has 1 aliphatic rings. The Bertz CT molecular complexity index is 1090. The lowest BCUT2D eigenvalue weighted by Gasteiger charge is -2.25. The lowest BCUT2D eigenvalue weighted by molar-refractivity contribution is -0.115. The summed E-state index contributed by atoms with van der Waals surface area (Å²) in [5.74, 6) is 0.284. The number of hydrogen-bond acceptors (Lipinski definition) is 3. The Labute approximate surface area is 178 Å². The van der Waals surface area contributed by atoms with Gasteiger partial charge in [0.15, 0.2) is 0 Å². The molecule has 1 atom stereocenters. The van der Waals surface area contributed by atoms with Crippen LogP contribution in [0.25, 0.3) is 0 Å². The number of amides is 2. The van der Waals surface area contributed by atoms with Crippen LogP contribution in [0, 0.1) is 6.92 Å². The molecule has 29 heavy (non-hydrogen) atoms. The van der Waals surface area contributed by atoms with Crippen LogP contribution in [0.2, 0.25) is 5.02 Å². The van der Waals surface area contributed by atoms with Gasteiger partial charge in [-0.25, -0.2) is 0 Å². The highest BCUT2D eigenvalue weighted by atomic mass is 35.5. The number of aryl methyl sites for hydroxylation is 1. The van der Waals surface area contributed by atoms with E-state index < -0.39 is 0 Å². The van der Waals surface area contributed by atoms with E-state index >= 15 is 0 Å². The number of halogens is 1. The van der Waals surface area contributed by atoms with Gasteiger partial charge in [0.2, 0.25) is 5.91 Å². The number of rotatable bonds is 4. The third-order valence-electron chi connectivity index (χ3n) is 4.66. The zero-order chi connectivity index (χ0) is 20.4. The van der Waals surface area contributed by atoms with E-state index in [0.29, 0.717) is 22.0 Å². The van der Waals surface area contributed by atoms with Crippen molar-refractivity contribution < 1.29 is 9.59 Å². The quantitative estimate of drug-likeness (QED) is 0.588. The first kappa shape index (κ1) is 19.6. The fourth-order valence-electron chi connectivity index (χ4n) is 3.33. The minimum Gasteiger partial charge on any atom is -0.322 e. The molecule has 1 N–H and O–H groups in total. The molecule has 146 valence electrons. The molecule has 1 fully saturated rings. The summed E-state index contributed by atoms with van der Waals surface area (Å²) in [7, 11) is 0. The van der Waals surface area contributed by atoms with Crippen LogP contribution in [0.1, 0.15) is 26.9 Å². The highest BCUT2D eigenvalue weighted by Gasteiger charge is 2.34. The van der Waals surface area contributed by atoms with Crippen molar-refractivity contribution in [3.63, 3.8) is 0 Å². The summed E-state index contributed by atoms with van der Waals surface area (Å²) in [6.45, 7) is 2.01. The monoisotopic (exact) mass is 422 g/mol. The predicted octanol–water partition coefficient (Wildman–Crippen LogP) is 5.68. The number of anilines is 2. The van der Waals surface area contributed by atoms with Crippen molar-refractivity contribution in [3.05, 3.63) is 94.5 Å². The Kier molecular flexibility index (Phi) is 5.60. The Hall–Kier alpha value is -2.76. The molecule has 3 aromatic rings. The number of nitrogens with one attached hydrogen (secondary N) is 1. The van der Waals surface area contributed by atoms with Gasteiger partial charge in [-0.05, 0) is 60.5 Å². The van der Waals surface area contributed by atoms with E-state index in [0.717, 1.165) is 16.8 Å². The second-order valence-corrected chi connectivity index (χ2v) is 8.36. The second kappa shape index (κ2) is 8.31. The smallest absolute Gasteiger partial charge is 0.255 e. The SMILES string of the molecule is Cc1cccc(N2C(=O)CSC2c2cccc(NC(=O)c3cccc(Cl)c3)c2)c1. The Balaban J connectivity index is 1.59. The van der Waals surface area contributed by atoms with E-state index in [1.165, 1.54) is 0 Å². The van der Waals surface area contributed by atoms with Crippen molar-refractivity contribution in [2.24, 2.45) is 0 Å². The van der Waals surface area contributed by atoms with Crippen molar-refractivity contribution in [1.82, 2.24) is 0 Å². The summed E-state index contributed by atoms with van der Waals surface area (Å²) in [5, 5.41) is 3.30. The number of thioether (sulfide) groups is 1. The lowest BCUT2D eigenvalue weighted by atomic mass is 10.1. The lowest BCUT2D eigenvalue weighted by Crippen LogP contribution is -2.27. The van der Waals surface area contributed by atoms with Gasteiger partial charge < -0.3 is 5.32 Å². The Morgan fingerprint density at radius 3 is 2.66 bits per heavy atom. The van der Waals surface area contributed by atoms with Crippen LogP contribution in [0.15, 0.2) is 72.8 Å². The average Bonchev–Trinajstić information content (AvgIpc) is 3.10. The van der Waals surface area contributed by atoms with Crippen LogP contribution in [0.4, 0.5) is 11.4 Å². The molecule has 4 rings (SSSR count). The van der Waals surface area contributed by atoms with Crippen LogP contribution >= 0.6 is 23.4 Å². The van der Waals surface area contributed by atoms with Gasteiger partial charge in [-0.1, -0.05) is 41.9 Å². The standard InChI is InChI=1S/C23H19ClN2O2S/c1-15-5-2-10-20(11-15)26-21(27)14-29-23(26)17-7-4-9-19(13-17)25-22(28)16-6-3-8-18(24)12-16/h2-13,23H,14H2,1H3,(H,25,28). The number of carbonyl (C=O) groups is 2. The minimum atomic E-state index is -0.227. The van der Waals surface area contributed by atoms with E-state index in [2.05, 4.69) is 5.32 Å². The predicted molar refractivity (Wildman–Crippen MR) is 120 cm³/mol. The molecule has 1 saturated heterocycles. The molecule has 0 spiro atoms. The van der Waals surface area contributed by atoms with Gasteiger partial charge in [-0.2, -0.15) is 0 Å². The minimum absolute atomic E-state index is 0.0824. The Morgan fingerprint density at radius 2 is 1.86 bits per heavy atom. The summed E-state index contributed by atoms with van der Waals surface area (Å²) in [5.41, 5.74) is 4.13. The van der Waals surface area contributed by atoms with Crippen molar-refractivity contribution in [2.45, 2.75) is 12.3 Å². The molecular formula is C23H19ClN2O2S. The highest BCUT2D eigenvalue weighted by molar-refractivity contribution is 8.00. The molecule has 0 radical (unpaired) electrons. The average molecular weight is 423 g/mol. The number of carbonyl (C=O) groups excluding carboxylic acids is 2. The van der Waals surface area contributed by atoms with Crippen LogP contribution < -0.4 is 10.2 Å². The van der Waals surface area contributed by atoms with E-state index in [-0.39, 0.29) is 17.2 Å². The maximum Gasteiger partial charge on any atom is 0.255 e. The van der Waals surface area contributed by atoms with Gasteiger partial charge in [0.05, 0.1) is 5.75 Å². The molecule has 3 aromatic carbocycles. The first-order chi connectivity index (χ1) is 14.0. The fourth-order valence-corrected chi connectivity index (χ4v) is 4.69. The molecule has 4 nitrogen and oxygen atoms in total. The van der Waals surface area contributed by atoms with Crippen molar-refractivity contribution in [3.8, 4) is 0 Å². The number of hydrogen-bond donors (Lipinski definition) is 1. The van der Waals surface area contributed by atoms with Gasteiger partial charge in [-0.3, -0.25) is 14.5 Å². The molecule has 1 heterocycles. The summed E-state index contributed by atoms with van der Waals surface area (Å²) < 4.78 is 0. The van der Waals surface area contributed by atoms with Crippen molar-refractivity contribution in [2.75, 3.05) is 16.0 Å². The van der Waals surface area contributed by atoms with Crippen LogP contribution in [-0.2, 0) is 4.79 Å². The molecule has 6 heteroatoms. The topological polar surface area (TPSA) is 49.4 Å². The largest absolute Gasteiger partial charge is 0.322 e. The molecule has 1 unspecified atom stereocenters. The fraction of sp³-hybridized carbons (Fsp3) is 0.130. The number of benzene rings is 3. The second-order valence-electron chi connectivity index (χ2n) is 6.86. The molecule has 0 bridgehead atoms. The van der Waals surface area contributed by atoms with Crippen LogP contribution in [-0.4, -0.2) is 17.6 Å². The van der Waals surface area contributed by atoms with Crippen LogP contribution in [0.5, 0.6) is 0 Å². The molecule has 0 aromatic heterocycles. The van der Waals surface area contributed by atoms with Crippen LogP contribution in [0.3, 0.4) is 0 Å². The van der Waals surface area contributed by atoms with Gasteiger partial charge >= 0.3 is 0 Å². The summed E-state index contributed by atoms with van der Waals surface area (Å²) in [6.07, 6.45) is 0. The van der Waals surface area contributed by atoms with Gasteiger partial charge in [0.25, 0.3) is 5.91 Å². The molecule has 0 aliphatic carbocycles. The maximum absolute atomic E-state index is 12.6.